The first-order valence-electron chi connectivity index (χ1n) is 12.8. The van der Waals surface area contributed by atoms with Gasteiger partial charge in [-0.1, -0.05) is 48.5 Å². The average molecular weight is 559 g/mol. The van der Waals surface area contributed by atoms with Gasteiger partial charge in [0.05, 0.1) is 10.5 Å². The van der Waals surface area contributed by atoms with Crippen LogP contribution in [0, 0.1) is 10.1 Å². The van der Waals surface area contributed by atoms with Crippen LogP contribution in [0.1, 0.15) is 17.3 Å². The van der Waals surface area contributed by atoms with Crippen molar-refractivity contribution in [1.82, 2.24) is 15.2 Å². The maximum atomic E-state index is 13.0. The van der Waals surface area contributed by atoms with Crippen LogP contribution in [-0.2, 0) is 4.79 Å². The van der Waals surface area contributed by atoms with Crippen molar-refractivity contribution in [3.8, 4) is 33.8 Å². The fraction of sp³-hybridized carbons (Fsp3) is 0.0323. The van der Waals surface area contributed by atoms with E-state index in [1.165, 1.54) is 25.1 Å². The zero-order valence-electron chi connectivity index (χ0n) is 22.1. The van der Waals surface area contributed by atoms with Crippen LogP contribution in [0.15, 0.2) is 102 Å². The number of H-pyrrole nitrogens is 1. The Morgan fingerprint density at radius 2 is 1.60 bits per heavy atom. The number of benzene rings is 4. The predicted molar refractivity (Wildman–Crippen MR) is 158 cm³/mol. The number of amides is 2. The van der Waals surface area contributed by atoms with Gasteiger partial charge in [-0.05, 0) is 47.5 Å². The van der Waals surface area contributed by atoms with E-state index in [0.29, 0.717) is 33.9 Å². The Kier molecular flexibility index (Phi) is 6.73. The zero-order chi connectivity index (χ0) is 29.2. The Morgan fingerprint density at radius 3 is 2.33 bits per heavy atom. The number of aromatic nitrogens is 3. The number of carbonyl (C=O) groups excluding carboxylic acids is 2. The van der Waals surface area contributed by atoms with Crippen LogP contribution >= 0.6 is 0 Å². The minimum atomic E-state index is -0.691. The number of anilines is 2. The van der Waals surface area contributed by atoms with Gasteiger partial charge < -0.3 is 15.1 Å². The third kappa shape index (κ3) is 5.21. The van der Waals surface area contributed by atoms with Gasteiger partial charge in [0.25, 0.3) is 11.6 Å². The van der Waals surface area contributed by atoms with E-state index in [-0.39, 0.29) is 22.8 Å². The number of aromatic amines is 1. The molecule has 0 bridgehead atoms. The summed E-state index contributed by atoms with van der Waals surface area (Å²) < 4.78 is 6.05. The van der Waals surface area contributed by atoms with E-state index in [9.17, 15) is 19.7 Å². The molecule has 0 unspecified atom stereocenters. The molecule has 6 aromatic rings. The lowest BCUT2D eigenvalue weighted by Crippen LogP contribution is -2.15. The number of rotatable bonds is 7. The summed E-state index contributed by atoms with van der Waals surface area (Å²) in [6.07, 6.45) is 1.70. The second kappa shape index (κ2) is 10.8. The first kappa shape index (κ1) is 26.1. The van der Waals surface area contributed by atoms with Crippen molar-refractivity contribution in [1.29, 1.82) is 0 Å². The number of hydrogen-bond donors (Lipinski definition) is 3. The molecule has 206 valence electrons. The molecule has 0 atom stereocenters. The number of oxazole rings is 1. The highest BCUT2D eigenvalue weighted by atomic mass is 16.6. The van der Waals surface area contributed by atoms with Gasteiger partial charge in [-0.3, -0.25) is 24.8 Å². The summed E-state index contributed by atoms with van der Waals surface area (Å²) in [6.45, 7) is 1.31. The molecular formula is C31H22N6O5. The van der Waals surface area contributed by atoms with Crippen molar-refractivity contribution in [2.45, 2.75) is 6.92 Å². The summed E-state index contributed by atoms with van der Waals surface area (Å²) in [5.41, 5.74) is 5.58. The Morgan fingerprint density at radius 1 is 0.857 bits per heavy atom. The standard InChI is InChI=1S/C31H22N6O5/c1-18(38)33-23-12-13-27(37(40)41)24(16-23)30(39)34-22-10-7-20(8-11-22)29-25(17-32-36-29)31-35-26-15-21(9-14-28(26)42-31)19-5-3-2-4-6-19/h2-17H,1H3,(H,32,36)(H,33,38)(H,34,39). The lowest BCUT2D eigenvalue weighted by atomic mass is 10.1. The third-order valence-corrected chi connectivity index (χ3v) is 6.54. The highest BCUT2D eigenvalue weighted by Crippen LogP contribution is 2.34. The van der Waals surface area contributed by atoms with Crippen LogP contribution < -0.4 is 10.6 Å². The molecule has 0 aliphatic heterocycles. The molecule has 42 heavy (non-hydrogen) atoms. The molecule has 6 rings (SSSR count). The number of hydrogen-bond acceptors (Lipinski definition) is 7. The number of fused-ring (bicyclic) bond motifs is 1. The molecule has 11 nitrogen and oxygen atoms in total. The molecule has 2 heterocycles. The van der Waals surface area contributed by atoms with Crippen LogP contribution in [-0.4, -0.2) is 31.9 Å². The van der Waals surface area contributed by atoms with Gasteiger partial charge in [0.15, 0.2) is 5.58 Å². The molecule has 2 amide bonds. The average Bonchev–Trinajstić information content (AvgIpc) is 3.64. The SMILES string of the molecule is CC(=O)Nc1ccc([N+](=O)[O-])c(C(=O)Nc2ccc(-c3n[nH]cc3-c3nc4cc(-c5ccccc5)ccc4o3)cc2)c1. The van der Waals surface area contributed by atoms with E-state index in [1.807, 2.05) is 48.5 Å². The van der Waals surface area contributed by atoms with Crippen molar-refractivity contribution >= 4 is 40.0 Å². The fourth-order valence-corrected chi connectivity index (χ4v) is 4.59. The third-order valence-electron chi connectivity index (χ3n) is 6.54. The van der Waals surface area contributed by atoms with Crippen molar-refractivity contribution in [2.75, 3.05) is 10.6 Å². The molecular weight excluding hydrogens is 536 g/mol. The first-order chi connectivity index (χ1) is 20.4. The van der Waals surface area contributed by atoms with E-state index in [2.05, 4.69) is 20.8 Å². The highest BCUT2D eigenvalue weighted by Gasteiger charge is 2.22. The molecule has 0 saturated carbocycles. The zero-order valence-corrected chi connectivity index (χ0v) is 22.1. The number of nitrogens with zero attached hydrogens (tertiary/aromatic N) is 3. The maximum Gasteiger partial charge on any atom is 0.282 e. The quantitative estimate of drug-likeness (QED) is 0.146. The van der Waals surface area contributed by atoms with Gasteiger partial charge in [-0.2, -0.15) is 5.10 Å². The van der Waals surface area contributed by atoms with Crippen LogP contribution in [0.3, 0.4) is 0 Å². The monoisotopic (exact) mass is 558 g/mol. The van der Waals surface area contributed by atoms with Crippen molar-refractivity contribution in [3.63, 3.8) is 0 Å². The van der Waals surface area contributed by atoms with Gasteiger partial charge in [0.2, 0.25) is 11.8 Å². The molecule has 11 heteroatoms. The summed E-state index contributed by atoms with van der Waals surface area (Å²) in [4.78, 5) is 39.9. The van der Waals surface area contributed by atoms with Gasteiger partial charge in [-0.15, -0.1) is 0 Å². The summed E-state index contributed by atoms with van der Waals surface area (Å²) in [7, 11) is 0. The lowest BCUT2D eigenvalue weighted by molar-refractivity contribution is -0.385. The largest absolute Gasteiger partial charge is 0.436 e. The minimum Gasteiger partial charge on any atom is -0.436 e. The highest BCUT2D eigenvalue weighted by molar-refractivity contribution is 6.08. The first-order valence-corrected chi connectivity index (χ1v) is 12.8. The topological polar surface area (TPSA) is 156 Å². The van der Waals surface area contributed by atoms with E-state index < -0.39 is 10.8 Å². The van der Waals surface area contributed by atoms with Crippen molar-refractivity contribution in [3.05, 3.63) is 113 Å². The summed E-state index contributed by atoms with van der Waals surface area (Å²) >= 11 is 0. The van der Waals surface area contributed by atoms with E-state index in [4.69, 9.17) is 9.40 Å². The molecule has 0 fully saturated rings. The summed E-state index contributed by atoms with van der Waals surface area (Å²) in [6, 6.07) is 26.5. The predicted octanol–water partition coefficient (Wildman–Crippen LogP) is 6.67. The van der Waals surface area contributed by atoms with Crippen molar-refractivity contribution < 1.29 is 18.9 Å². The smallest absolute Gasteiger partial charge is 0.282 e. The summed E-state index contributed by atoms with van der Waals surface area (Å²) in [5.74, 6) is -0.649. The second-order valence-corrected chi connectivity index (χ2v) is 9.42. The number of nitro benzene ring substituents is 1. The molecule has 0 aliphatic carbocycles. The molecule has 2 aromatic heterocycles. The maximum absolute atomic E-state index is 13.0. The van der Waals surface area contributed by atoms with Gasteiger partial charge in [-0.25, -0.2) is 4.98 Å². The molecule has 0 spiro atoms. The number of nitrogens with one attached hydrogen (secondary N) is 3. The molecule has 0 aliphatic rings. The number of nitro groups is 1. The Hall–Kier alpha value is -6.10. The Labute approximate surface area is 238 Å². The Bertz CT molecular complexity index is 1960. The molecule has 0 saturated heterocycles. The van der Waals surface area contributed by atoms with E-state index >= 15 is 0 Å². The molecule has 4 aromatic carbocycles. The van der Waals surface area contributed by atoms with Crippen LogP contribution in [0.25, 0.3) is 44.9 Å². The second-order valence-electron chi connectivity index (χ2n) is 9.42. The van der Waals surface area contributed by atoms with Crippen molar-refractivity contribution in [2.24, 2.45) is 0 Å². The summed E-state index contributed by atoms with van der Waals surface area (Å²) in [5, 5.41) is 23.9. The number of carbonyl (C=O) groups is 2. The van der Waals surface area contributed by atoms with Gasteiger partial charge in [0, 0.05) is 36.1 Å². The lowest BCUT2D eigenvalue weighted by Gasteiger charge is -2.09. The molecule has 0 radical (unpaired) electrons. The van der Waals surface area contributed by atoms with Crippen LogP contribution in [0.5, 0.6) is 0 Å². The van der Waals surface area contributed by atoms with E-state index in [1.54, 1.807) is 30.5 Å². The minimum absolute atomic E-state index is 0.184. The normalized spacial score (nSPS) is 10.9. The van der Waals surface area contributed by atoms with Crippen LogP contribution in [0.2, 0.25) is 0 Å². The van der Waals surface area contributed by atoms with Gasteiger partial charge >= 0.3 is 0 Å². The Balaban J connectivity index is 1.24. The van der Waals surface area contributed by atoms with Gasteiger partial charge in [0.1, 0.15) is 16.8 Å². The van der Waals surface area contributed by atoms with Crippen LogP contribution in [0.4, 0.5) is 17.1 Å². The molecule has 3 N–H and O–H groups in total. The fourth-order valence-electron chi connectivity index (χ4n) is 4.59. The van der Waals surface area contributed by atoms with E-state index in [0.717, 1.165) is 16.7 Å².